The minimum atomic E-state index is -3.58. The highest BCUT2D eigenvalue weighted by molar-refractivity contribution is 7.89. The van der Waals surface area contributed by atoms with Gasteiger partial charge >= 0.3 is 0 Å². The molecule has 0 bridgehead atoms. The van der Waals surface area contributed by atoms with Crippen LogP contribution in [0.4, 0.5) is 4.39 Å². The first-order valence-corrected chi connectivity index (χ1v) is 8.61. The molecule has 20 heavy (non-hydrogen) atoms. The van der Waals surface area contributed by atoms with E-state index in [0.29, 0.717) is 17.0 Å². The fourth-order valence-electron chi connectivity index (χ4n) is 2.65. The molecule has 1 aromatic rings. The maximum absolute atomic E-state index is 13.3. The Bertz CT molecular complexity index is 571. The molecular formula is C15H22FNO2S. The average molecular weight is 299 g/mol. The minimum absolute atomic E-state index is 0.0312. The molecule has 1 saturated carbocycles. The summed E-state index contributed by atoms with van der Waals surface area (Å²) in [5, 5.41) is 0. The molecule has 1 fully saturated rings. The van der Waals surface area contributed by atoms with Crippen molar-refractivity contribution >= 4 is 10.0 Å². The van der Waals surface area contributed by atoms with E-state index < -0.39 is 15.8 Å². The van der Waals surface area contributed by atoms with Crippen LogP contribution in [0.1, 0.15) is 43.7 Å². The maximum Gasteiger partial charge on any atom is 0.241 e. The Hall–Kier alpha value is -0.940. The Morgan fingerprint density at radius 3 is 2.30 bits per heavy atom. The van der Waals surface area contributed by atoms with Gasteiger partial charge in [-0.15, -0.1) is 0 Å². The number of benzene rings is 1. The van der Waals surface area contributed by atoms with Crippen LogP contribution in [0.2, 0.25) is 0 Å². The Morgan fingerprint density at radius 1 is 1.30 bits per heavy atom. The van der Waals surface area contributed by atoms with Crippen LogP contribution >= 0.6 is 0 Å². The zero-order valence-electron chi connectivity index (χ0n) is 12.2. The third-order valence-electron chi connectivity index (χ3n) is 3.82. The summed E-state index contributed by atoms with van der Waals surface area (Å²) in [7, 11) is -3.58. The molecule has 0 aliphatic heterocycles. The summed E-state index contributed by atoms with van der Waals surface area (Å²) in [6.07, 6.45) is 4.07. The number of hydrogen-bond acceptors (Lipinski definition) is 2. The van der Waals surface area contributed by atoms with Crippen molar-refractivity contribution < 1.29 is 12.8 Å². The monoisotopic (exact) mass is 299 g/mol. The molecule has 1 aromatic carbocycles. The van der Waals surface area contributed by atoms with Crippen molar-refractivity contribution in [2.24, 2.45) is 5.92 Å². The molecule has 0 spiro atoms. The molecule has 1 unspecified atom stereocenters. The molecule has 0 amide bonds. The second kappa shape index (κ2) is 5.82. The van der Waals surface area contributed by atoms with Gasteiger partial charge in [0.05, 0.1) is 4.90 Å². The summed E-state index contributed by atoms with van der Waals surface area (Å²) < 4.78 is 41.1. The van der Waals surface area contributed by atoms with Crippen LogP contribution in [0.3, 0.4) is 0 Å². The van der Waals surface area contributed by atoms with Crippen molar-refractivity contribution in [2.45, 2.75) is 57.4 Å². The Kier molecular flexibility index (Phi) is 4.49. The van der Waals surface area contributed by atoms with Crippen molar-refractivity contribution in [2.75, 3.05) is 0 Å². The second-order valence-corrected chi connectivity index (χ2v) is 7.43. The van der Waals surface area contributed by atoms with E-state index in [-0.39, 0.29) is 10.9 Å². The Labute approximate surface area is 120 Å². The molecule has 0 radical (unpaired) electrons. The molecule has 0 saturated heterocycles. The molecule has 112 valence electrons. The summed E-state index contributed by atoms with van der Waals surface area (Å²) >= 11 is 0. The lowest BCUT2D eigenvalue weighted by Gasteiger charge is -2.19. The van der Waals surface area contributed by atoms with Crippen LogP contribution in [0.5, 0.6) is 0 Å². The topological polar surface area (TPSA) is 46.2 Å². The van der Waals surface area contributed by atoms with E-state index in [9.17, 15) is 12.8 Å². The van der Waals surface area contributed by atoms with Crippen LogP contribution < -0.4 is 4.72 Å². The van der Waals surface area contributed by atoms with Crippen molar-refractivity contribution in [1.29, 1.82) is 0 Å². The Balaban J connectivity index is 2.25. The lowest BCUT2D eigenvalue weighted by molar-refractivity contribution is 0.494. The van der Waals surface area contributed by atoms with E-state index in [1.165, 1.54) is 25.0 Å². The van der Waals surface area contributed by atoms with E-state index in [0.717, 1.165) is 12.8 Å². The molecule has 1 atom stereocenters. The van der Waals surface area contributed by atoms with Crippen LogP contribution in [-0.4, -0.2) is 14.5 Å². The number of sulfonamides is 1. The first-order chi connectivity index (χ1) is 9.33. The zero-order valence-corrected chi connectivity index (χ0v) is 13.1. The highest BCUT2D eigenvalue weighted by atomic mass is 32.2. The van der Waals surface area contributed by atoms with E-state index in [1.807, 2.05) is 6.92 Å². The van der Waals surface area contributed by atoms with E-state index in [2.05, 4.69) is 4.72 Å². The van der Waals surface area contributed by atoms with Crippen molar-refractivity contribution in [3.8, 4) is 0 Å². The SMILES string of the molecule is CCC(CC1CC1)NS(=O)(=O)c1c(C)cc(F)cc1C. The fraction of sp³-hybridized carbons (Fsp3) is 0.600. The van der Waals surface area contributed by atoms with Crippen LogP contribution in [0, 0.1) is 25.6 Å². The molecule has 1 aliphatic rings. The van der Waals surface area contributed by atoms with Crippen molar-refractivity contribution in [3.05, 3.63) is 29.1 Å². The third kappa shape index (κ3) is 3.58. The van der Waals surface area contributed by atoms with Gasteiger partial charge in [-0.05, 0) is 55.9 Å². The fourth-order valence-corrected chi connectivity index (χ4v) is 4.44. The highest BCUT2D eigenvalue weighted by Gasteiger charge is 2.28. The van der Waals surface area contributed by atoms with E-state index in [1.54, 1.807) is 13.8 Å². The summed E-state index contributed by atoms with van der Waals surface area (Å²) in [6, 6.07) is 2.50. The van der Waals surface area contributed by atoms with Crippen molar-refractivity contribution in [1.82, 2.24) is 4.72 Å². The number of nitrogens with one attached hydrogen (secondary N) is 1. The number of rotatable bonds is 6. The Morgan fingerprint density at radius 2 is 1.85 bits per heavy atom. The van der Waals surface area contributed by atoms with Gasteiger partial charge in [0.1, 0.15) is 5.82 Å². The molecule has 0 aromatic heterocycles. The van der Waals surface area contributed by atoms with Gasteiger partial charge in [-0.3, -0.25) is 0 Å². The van der Waals surface area contributed by atoms with Crippen LogP contribution in [0.15, 0.2) is 17.0 Å². The smallest absolute Gasteiger partial charge is 0.208 e. The molecule has 0 heterocycles. The van der Waals surface area contributed by atoms with Gasteiger partial charge in [0, 0.05) is 6.04 Å². The zero-order chi connectivity index (χ0) is 14.9. The summed E-state index contributed by atoms with van der Waals surface area (Å²) in [5.74, 6) is 0.266. The number of hydrogen-bond donors (Lipinski definition) is 1. The normalized spacial score (nSPS) is 17.2. The van der Waals surface area contributed by atoms with Gasteiger partial charge in [-0.2, -0.15) is 0 Å². The standard InChI is InChI=1S/C15H22FNO2S/c1-4-14(9-12-5-6-12)17-20(18,19)15-10(2)7-13(16)8-11(15)3/h7-8,12,14,17H,4-6,9H2,1-3H3. The highest BCUT2D eigenvalue weighted by Crippen LogP contribution is 2.34. The first kappa shape index (κ1) is 15.4. The number of halogens is 1. The maximum atomic E-state index is 13.3. The largest absolute Gasteiger partial charge is 0.241 e. The summed E-state index contributed by atoms with van der Waals surface area (Å²) in [5.41, 5.74) is 0.910. The second-order valence-electron chi connectivity index (χ2n) is 5.77. The molecule has 1 N–H and O–H groups in total. The third-order valence-corrected chi connectivity index (χ3v) is 5.65. The van der Waals surface area contributed by atoms with Crippen LogP contribution in [0.25, 0.3) is 0 Å². The van der Waals surface area contributed by atoms with Gasteiger partial charge in [0.2, 0.25) is 10.0 Å². The predicted octanol–water partition coefficient (Wildman–Crippen LogP) is 3.30. The molecule has 3 nitrogen and oxygen atoms in total. The molecule has 2 rings (SSSR count). The van der Waals surface area contributed by atoms with Crippen molar-refractivity contribution in [3.63, 3.8) is 0 Å². The average Bonchev–Trinajstić information content (AvgIpc) is 3.09. The first-order valence-electron chi connectivity index (χ1n) is 7.12. The van der Waals surface area contributed by atoms with Crippen LogP contribution in [-0.2, 0) is 10.0 Å². The number of aryl methyl sites for hydroxylation is 2. The lowest BCUT2D eigenvalue weighted by atomic mass is 10.1. The van der Waals surface area contributed by atoms with Gasteiger partial charge < -0.3 is 0 Å². The molecule has 1 aliphatic carbocycles. The summed E-state index contributed by atoms with van der Waals surface area (Å²) in [6.45, 7) is 5.25. The van der Waals surface area contributed by atoms with E-state index >= 15 is 0 Å². The quantitative estimate of drug-likeness (QED) is 0.876. The lowest BCUT2D eigenvalue weighted by Crippen LogP contribution is -2.35. The van der Waals surface area contributed by atoms with Gasteiger partial charge in [-0.25, -0.2) is 17.5 Å². The van der Waals surface area contributed by atoms with Gasteiger partial charge in [-0.1, -0.05) is 19.8 Å². The minimum Gasteiger partial charge on any atom is -0.208 e. The van der Waals surface area contributed by atoms with Gasteiger partial charge in [0.15, 0.2) is 0 Å². The van der Waals surface area contributed by atoms with Gasteiger partial charge in [0.25, 0.3) is 0 Å². The molecule has 5 heteroatoms. The summed E-state index contributed by atoms with van der Waals surface area (Å²) in [4.78, 5) is 0.216. The molecular weight excluding hydrogens is 277 g/mol. The predicted molar refractivity (Wildman–Crippen MR) is 77.6 cm³/mol. The van der Waals surface area contributed by atoms with E-state index in [4.69, 9.17) is 0 Å².